The smallest absolute Gasteiger partial charge is 0.253 e. The Morgan fingerprint density at radius 1 is 1.42 bits per heavy atom. The molecule has 1 aliphatic rings. The summed E-state index contributed by atoms with van der Waals surface area (Å²) in [4.78, 5) is 14.0. The molecule has 0 aliphatic carbocycles. The van der Waals surface area contributed by atoms with Crippen LogP contribution in [0.1, 0.15) is 28.8 Å². The van der Waals surface area contributed by atoms with E-state index < -0.39 is 0 Å². The van der Waals surface area contributed by atoms with Crippen LogP contribution in [-0.2, 0) is 4.74 Å². The first-order chi connectivity index (χ1) is 9.08. The maximum atomic E-state index is 12.3. The van der Waals surface area contributed by atoms with Gasteiger partial charge in [0.1, 0.15) is 5.75 Å². The first-order valence-corrected chi connectivity index (χ1v) is 6.70. The van der Waals surface area contributed by atoms with Crippen molar-refractivity contribution in [1.29, 1.82) is 0 Å². The Balaban J connectivity index is 1.99. The zero-order valence-corrected chi connectivity index (χ0v) is 11.6. The lowest BCUT2D eigenvalue weighted by atomic mass is 9.99. The fraction of sp³-hybridized carbons (Fsp3) is 0.533. The van der Waals surface area contributed by atoms with Crippen LogP contribution in [0.25, 0.3) is 0 Å². The third-order valence-electron chi connectivity index (χ3n) is 3.68. The summed E-state index contributed by atoms with van der Waals surface area (Å²) in [5.41, 5.74) is 1.32. The Kier molecular flexibility index (Phi) is 4.43. The average Bonchev–Trinajstić information content (AvgIpc) is 2.42. The third-order valence-corrected chi connectivity index (χ3v) is 3.68. The average molecular weight is 263 g/mol. The van der Waals surface area contributed by atoms with Gasteiger partial charge in [-0.05, 0) is 43.4 Å². The van der Waals surface area contributed by atoms with E-state index in [1.165, 1.54) is 6.07 Å². The Morgan fingerprint density at radius 3 is 2.74 bits per heavy atom. The van der Waals surface area contributed by atoms with Gasteiger partial charge in [-0.2, -0.15) is 0 Å². The maximum Gasteiger partial charge on any atom is 0.253 e. The highest BCUT2D eigenvalue weighted by atomic mass is 16.5. The highest BCUT2D eigenvalue weighted by Gasteiger charge is 2.19. The summed E-state index contributed by atoms with van der Waals surface area (Å²) in [6.07, 6.45) is 2.02. The van der Waals surface area contributed by atoms with Crippen molar-refractivity contribution < 1.29 is 14.6 Å². The Labute approximate surface area is 114 Å². The first kappa shape index (κ1) is 13.9. The number of carbonyl (C=O) groups is 1. The van der Waals surface area contributed by atoms with Gasteiger partial charge in [0.25, 0.3) is 5.91 Å². The van der Waals surface area contributed by atoms with Gasteiger partial charge in [-0.25, -0.2) is 0 Å². The van der Waals surface area contributed by atoms with Crippen LogP contribution in [0.3, 0.4) is 0 Å². The summed E-state index contributed by atoms with van der Waals surface area (Å²) in [6, 6.07) is 5.07. The Bertz CT molecular complexity index is 453. The highest BCUT2D eigenvalue weighted by Crippen LogP contribution is 2.20. The fourth-order valence-electron chi connectivity index (χ4n) is 2.36. The largest absolute Gasteiger partial charge is 0.508 e. The molecule has 19 heavy (non-hydrogen) atoms. The molecule has 0 radical (unpaired) electrons. The van der Waals surface area contributed by atoms with E-state index in [1.807, 2.05) is 14.0 Å². The molecule has 0 unspecified atom stereocenters. The number of rotatable bonds is 3. The number of phenols is 1. The number of ether oxygens (including phenoxy) is 1. The summed E-state index contributed by atoms with van der Waals surface area (Å²) in [6.45, 7) is 4.14. The topological polar surface area (TPSA) is 49.8 Å². The normalized spacial score (nSPS) is 16.3. The second kappa shape index (κ2) is 6.06. The van der Waals surface area contributed by atoms with E-state index in [2.05, 4.69) is 0 Å². The predicted molar refractivity (Wildman–Crippen MR) is 73.3 cm³/mol. The molecular weight excluding hydrogens is 242 g/mol. The number of benzene rings is 1. The van der Waals surface area contributed by atoms with Crippen molar-refractivity contribution in [1.82, 2.24) is 4.90 Å². The molecule has 104 valence electrons. The van der Waals surface area contributed by atoms with E-state index in [-0.39, 0.29) is 11.7 Å². The molecule has 1 aromatic carbocycles. The number of hydrogen-bond donors (Lipinski definition) is 1. The molecule has 0 aromatic heterocycles. The molecule has 1 aliphatic heterocycles. The lowest BCUT2D eigenvalue weighted by Crippen LogP contribution is -2.34. The molecule has 0 spiro atoms. The quantitative estimate of drug-likeness (QED) is 0.909. The van der Waals surface area contributed by atoms with Gasteiger partial charge in [-0.3, -0.25) is 4.79 Å². The second-order valence-electron chi connectivity index (χ2n) is 5.24. The van der Waals surface area contributed by atoms with Crippen LogP contribution in [0.5, 0.6) is 5.75 Å². The molecule has 0 bridgehead atoms. The van der Waals surface area contributed by atoms with Gasteiger partial charge >= 0.3 is 0 Å². The van der Waals surface area contributed by atoms with Crippen LogP contribution in [0.2, 0.25) is 0 Å². The fourth-order valence-corrected chi connectivity index (χ4v) is 2.36. The summed E-state index contributed by atoms with van der Waals surface area (Å²) < 4.78 is 5.32. The number of amides is 1. The van der Waals surface area contributed by atoms with Gasteiger partial charge < -0.3 is 14.7 Å². The number of hydrogen-bond acceptors (Lipinski definition) is 3. The van der Waals surface area contributed by atoms with Gasteiger partial charge in [-0.1, -0.05) is 6.07 Å². The second-order valence-corrected chi connectivity index (χ2v) is 5.24. The molecule has 1 heterocycles. The van der Waals surface area contributed by atoms with Crippen LogP contribution in [0.15, 0.2) is 18.2 Å². The van der Waals surface area contributed by atoms with E-state index in [9.17, 15) is 9.90 Å². The molecule has 4 nitrogen and oxygen atoms in total. The van der Waals surface area contributed by atoms with Gasteiger partial charge in [0.15, 0.2) is 0 Å². The van der Waals surface area contributed by atoms with Crippen molar-refractivity contribution in [2.75, 3.05) is 26.8 Å². The minimum absolute atomic E-state index is 0.0400. The van der Waals surface area contributed by atoms with Crippen molar-refractivity contribution in [3.63, 3.8) is 0 Å². The minimum Gasteiger partial charge on any atom is -0.508 e. The zero-order valence-electron chi connectivity index (χ0n) is 11.6. The lowest BCUT2D eigenvalue weighted by Gasteiger charge is -2.27. The van der Waals surface area contributed by atoms with Gasteiger partial charge in [0.2, 0.25) is 0 Å². The number of nitrogens with zero attached hydrogens (tertiary/aromatic N) is 1. The SMILES string of the molecule is Cc1ccc(C(=O)N(C)CC2CCOCC2)cc1O. The monoisotopic (exact) mass is 263 g/mol. The summed E-state index contributed by atoms with van der Waals surface area (Å²) in [5, 5.41) is 9.66. The minimum atomic E-state index is -0.0400. The summed E-state index contributed by atoms with van der Waals surface area (Å²) in [7, 11) is 1.81. The standard InChI is InChI=1S/C15H21NO3/c1-11-3-4-13(9-14(11)17)15(18)16(2)10-12-5-7-19-8-6-12/h3-4,9,12,17H,5-8,10H2,1-2H3. The number of aryl methyl sites for hydroxylation is 1. The Morgan fingerprint density at radius 2 is 2.11 bits per heavy atom. The van der Waals surface area contributed by atoms with E-state index in [4.69, 9.17) is 4.74 Å². The molecule has 2 rings (SSSR count). The summed E-state index contributed by atoms with van der Waals surface area (Å²) >= 11 is 0. The van der Waals surface area contributed by atoms with Gasteiger partial charge in [0.05, 0.1) is 0 Å². The lowest BCUT2D eigenvalue weighted by molar-refractivity contribution is 0.0497. The molecule has 4 heteroatoms. The predicted octanol–water partition coefficient (Wildman–Crippen LogP) is 2.20. The molecule has 1 N–H and O–H groups in total. The third kappa shape index (κ3) is 3.47. The number of phenolic OH excluding ortho intramolecular Hbond substituents is 1. The van der Waals surface area contributed by atoms with Crippen LogP contribution < -0.4 is 0 Å². The molecular formula is C15H21NO3. The van der Waals surface area contributed by atoms with Crippen LogP contribution in [0.4, 0.5) is 0 Å². The molecule has 1 saturated heterocycles. The van der Waals surface area contributed by atoms with Crippen molar-refractivity contribution in [2.24, 2.45) is 5.92 Å². The Hall–Kier alpha value is -1.55. The van der Waals surface area contributed by atoms with Crippen LogP contribution >= 0.6 is 0 Å². The number of aromatic hydroxyl groups is 1. The van der Waals surface area contributed by atoms with Gasteiger partial charge in [0, 0.05) is 32.4 Å². The molecule has 1 aromatic rings. The van der Waals surface area contributed by atoms with Crippen LogP contribution in [0, 0.1) is 12.8 Å². The molecule has 0 saturated carbocycles. The van der Waals surface area contributed by atoms with Gasteiger partial charge in [-0.15, -0.1) is 0 Å². The first-order valence-electron chi connectivity index (χ1n) is 6.70. The van der Waals surface area contributed by atoms with Crippen molar-refractivity contribution in [3.05, 3.63) is 29.3 Å². The number of carbonyl (C=O) groups excluding carboxylic acids is 1. The van der Waals surface area contributed by atoms with Crippen molar-refractivity contribution in [3.8, 4) is 5.75 Å². The van der Waals surface area contributed by atoms with E-state index in [0.717, 1.165) is 38.2 Å². The van der Waals surface area contributed by atoms with E-state index in [0.29, 0.717) is 11.5 Å². The zero-order chi connectivity index (χ0) is 13.8. The molecule has 0 atom stereocenters. The van der Waals surface area contributed by atoms with E-state index in [1.54, 1.807) is 17.0 Å². The van der Waals surface area contributed by atoms with Crippen molar-refractivity contribution >= 4 is 5.91 Å². The maximum absolute atomic E-state index is 12.3. The van der Waals surface area contributed by atoms with Crippen molar-refractivity contribution in [2.45, 2.75) is 19.8 Å². The van der Waals surface area contributed by atoms with Crippen LogP contribution in [-0.4, -0.2) is 42.7 Å². The van der Waals surface area contributed by atoms with E-state index >= 15 is 0 Å². The molecule has 1 amide bonds. The summed E-state index contributed by atoms with van der Waals surface area (Å²) in [5.74, 6) is 0.647. The highest BCUT2D eigenvalue weighted by molar-refractivity contribution is 5.94. The molecule has 1 fully saturated rings.